The van der Waals surface area contributed by atoms with E-state index in [0.29, 0.717) is 19.4 Å². The van der Waals surface area contributed by atoms with E-state index in [-0.39, 0.29) is 17.0 Å². The molecule has 2 N–H and O–H groups in total. The third-order valence-corrected chi connectivity index (χ3v) is 2.41. The van der Waals surface area contributed by atoms with Crippen molar-refractivity contribution in [3.8, 4) is 0 Å². The highest BCUT2D eigenvalue weighted by atomic mass is 16.2. The van der Waals surface area contributed by atoms with E-state index in [1.54, 1.807) is 6.08 Å². The molecule has 0 saturated carbocycles. The topological polar surface area (TPSA) is 46.3 Å². The molecule has 0 heterocycles. The Morgan fingerprint density at radius 2 is 1.81 bits per heavy atom. The number of hydrogen-bond donors (Lipinski definition) is 1. The minimum atomic E-state index is -0.284. The molecule has 0 atom stereocenters. The third kappa shape index (κ3) is 5.91. The molecular weight excluding hydrogens is 200 g/mol. The molecule has 0 rings (SSSR count). The van der Waals surface area contributed by atoms with Crippen LogP contribution in [0.2, 0.25) is 0 Å². The van der Waals surface area contributed by atoms with Gasteiger partial charge >= 0.3 is 0 Å². The fourth-order valence-electron chi connectivity index (χ4n) is 1.44. The highest BCUT2D eigenvalue weighted by Gasteiger charge is 2.26. The first-order valence-corrected chi connectivity index (χ1v) is 5.78. The van der Waals surface area contributed by atoms with Gasteiger partial charge in [0.05, 0.1) is 0 Å². The number of hydrogen-bond acceptors (Lipinski definition) is 2. The number of carbonyl (C=O) groups excluding carboxylic acids is 1. The molecular formula is C13H26N2O. The van der Waals surface area contributed by atoms with Crippen LogP contribution >= 0.6 is 0 Å². The number of nitrogens with zero attached hydrogens (tertiary/aromatic N) is 1. The van der Waals surface area contributed by atoms with Crippen molar-refractivity contribution >= 4 is 5.91 Å². The van der Waals surface area contributed by atoms with Gasteiger partial charge in [0.1, 0.15) is 0 Å². The molecule has 0 spiro atoms. The quantitative estimate of drug-likeness (QED) is 0.731. The van der Waals surface area contributed by atoms with Gasteiger partial charge in [-0.05, 0) is 41.0 Å². The van der Waals surface area contributed by atoms with Gasteiger partial charge < -0.3 is 10.6 Å². The molecule has 3 nitrogen and oxygen atoms in total. The molecule has 0 bridgehead atoms. The first kappa shape index (κ1) is 15.2. The van der Waals surface area contributed by atoms with Crippen LogP contribution in [-0.4, -0.2) is 28.4 Å². The Bertz CT molecular complexity index is 246. The summed E-state index contributed by atoms with van der Waals surface area (Å²) in [5, 5.41) is 0. The van der Waals surface area contributed by atoms with E-state index in [1.165, 1.54) is 0 Å². The maximum atomic E-state index is 12.0. The van der Waals surface area contributed by atoms with Crippen LogP contribution in [0.5, 0.6) is 0 Å². The molecule has 0 aliphatic heterocycles. The minimum absolute atomic E-state index is 0.144. The van der Waals surface area contributed by atoms with Crippen molar-refractivity contribution in [2.75, 3.05) is 6.54 Å². The molecule has 3 heteroatoms. The summed E-state index contributed by atoms with van der Waals surface area (Å²) >= 11 is 0. The lowest BCUT2D eigenvalue weighted by Crippen LogP contribution is -2.46. The molecule has 0 unspecified atom stereocenters. The van der Waals surface area contributed by atoms with Gasteiger partial charge in [0.2, 0.25) is 5.91 Å². The largest absolute Gasteiger partial charge is 0.334 e. The number of nitrogens with two attached hydrogens (primary N) is 1. The average molecular weight is 226 g/mol. The van der Waals surface area contributed by atoms with E-state index >= 15 is 0 Å². The number of carbonyl (C=O) groups is 1. The molecule has 0 saturated heterocycles. The average Bonchev–Trinajstić information content (AvgIpc) is 2.07. The van der Waals surface area contributed by atoms with Gasteiger partial charge in [0.25, 0.3) is 0 Å². The van der Waals surface area contributed by atoms with Crippen molar-refractivity contribution < 1.29 is 4.79 Å². The van der Waals surface area contributed by atoms with E-state index < -0.39 is 0 Å². The monoisotopic (exact) mass is 226 g/mol. The fraction of sp³-hybridized carbons (Fsp3) is 0.769. The lowest BCUT2D eigenvalue weighted by Gasteiger charge is -2.35. The molecule has 94 valence electrons. The molecule has 1 amide bonds. The summed E-state index contributed by atoms with van der Waals surface area (Å²) in [6.45, 7) is 14.2. The Balaban J connectivity index is 4.46. The minimum Gasteiger partial charge on any atom is -0.334 e. The smallest absolute Gasteiger partial charge is 0.223 e. The van der Waals surface area contributed by atoms with Gasteiger partial charge in [-0.2, -0.15) is 0 Å². The molecule has 0 aromatic heterocycles. The lowest BCUT2D eigenvalue weighted by atomic mass is 9.98. The fourth-order valence-corrected chi connectivity index (χ4v) is 1.44. The first-order chi connectivity index (χ1) is 7.08. The van der Waals surface area contributed by atoms with Gasteiger partial charge in [-0.15, -0.1) is 6.58 Å². The predicted molar refractivity (Wildman–Crippen MR) is 69.2 cm³/mol. The molecule has 0 aromatic carbocycles. The van der Waals surface area contributed by atoms with E-state index in [2.05, 4.69) is 6.58 Å². The van der Waals surface area contributed by atoms with Crippen molar-refractivity contribution in [1.29, 1.82) is 0 Å². The zero-order valence-corrected chi connectivity index (χ0v) is 11.3. The second kappa shape index (κ2) is 5.48. The van der Waals surface area contributed by atoms with Gasteiger partial charge in [-0.1, -0.05) is 6.08 Å². The van der Waals surface area contributed by atoms with Crippen molar-refractivity contribution in [3.63, 3.8) is 0 Å². The highest BCUT2D eigenvalue weighted by molar-refractivity contribution is 5.77. The summed E-state index contributed by atoms with van der Waals surface area (Å²) in [6.07, 6.45) is 2.96. The zero-order valence-electron chi connectivity index (χ0n) is 11.3. The maximum absolute atomic E-state index is 12.0. The van der Waals surface area contributed by atoms with Crippen LogP contribution in [-0.2, 0) is 4.79 Å². The van der Waals surface area contributed by atoms with Gasteiger partial charge in [-0.25, -0.2) is 0 Å². The molecule has 16 heavy (non-hydrogen) atoms. The summed E-state index contributed by atoms with van der Waals surface area (Å²) in [4.78, 5) is 13.9. The first-order valence-electron chi connectivity index (χ1n) is 5.78. The van der Waals surface area contributed by atoms with Crippen molar-refractivity contribution in [2.45, 2.75) is 58.5 Å². The SMILES string of the molecule is C=CCN(C(=O)CCC(C)(C)N)C(C)(C)C. The van der Waals surface area contributed by atoms with E-state index in [1.807, 2.05) is 39.5 Å². The molecule has 0 fully saturated rings. The van der Waals surface area contributed by atoms with Crippen LogP contribution in [0, 0.1) is 0 Å². The Hall–Kier alpha value is -0.830. The third-order valence-electron chi connectivity index (χ3n) is 2.41. The standard InChI is InChI=1S/C13H26N2O/c1-7-10-15(12(2,3)4)11(16)8-9-13(5,6)14/h7H,1,8-10,14H2,2-6H3. The van der Waals surface area contributed by atoms with E-state index in [0.717, 1.165) is 0 Å². The second-order valence-electron chi connectivity index (χ2n) is 5.95. The zero-order chi connectivity index (χ0) is 13.0. The van der Waals surface area contributed by atoms with Crippen LogP contribution in [0.3, 0.4) is 0 Å². The molecule has 0 aromatic rings. The van der Waals surface area contributed by atoms with E-state index in [4.69, 9.17) is 5.73 Å². The number of rotatable bonds is 5. The predicted octanol–water partition coefficient (Wildman–Crippen LogP) is 2.32. The van der Waals surface area contributed by atoms with Crippen LogP contribution in [0.4, 0.5) is 0 Å². The lowest BCUT2D eigenvalue weighted by molar-refractivity contribution is -0.135. The summed E-state index contributed by atoms with van der Waals surface area (Å²) < 4.78 is 0. The van der Waals surface area contributed by atoms with Crippen LogP contribution in [0.15, 0.2) is 12.7 Å². The van der Waals surface area contributed by atoms with E-state index in [9.17, 15) is 4.79 Å². The van der Waals surface area contributed by atoms with Gasteiger partial charge in [-0.3, -0.25) is 4.79 Å². The Morgan fingerprint density at radius 3 is 2.12 bits per heavy atom. The van der Waals surface area contributed by atoms with Gasteiger partial charge in [0, 0.05) is 24.0 Å². The Kier molecular flexibility index (Phi) is 5.20. The Labute approximate surface area is 99.7 Å². The molecule has 0 radical (unpaired) electrons. The molecule has 0 aliphatic carbocycles. The van der Waals surface area contributed by atoms with Crippen molar-refractivity contribution in [2.24, 2.45) is 5.73 Å². The molecule has 0 aliphatic rings. The van der Waals surface area contributed by atoms with Crippen LogP contribution < -0.4 is 5.73 Å². The normalized spacial score (nSPS) is 12.4. The summed E-state index contributed by atoms with van der Waals surface area (Å²) in [7, 11) is 0. The van der Waals surface area contributed by atoms with Crippen LogP contribution in [0.1, 0.15) is 47.5 Å². The maximum Gasteiger partial charge on any atom is 0.223 e. The summed E-state index contributed by atoms with van der Waals surface area (Å²) in [5.41, 5.74) is 5.43. The van der Waals surface area contributed by atoms with Crippen molar-refractivity contribution in [1.82, 2.24) is 4.90 Å². The van der Waals surface area contributed by atoms with Gasteiger partial charge in [0.15, 0.2) is 0 Å². The second-order valence-corrected chi connectivity index (χ2v) is 5.95. The van der Waals surface area contributed by atoms with Crippen molar-refractivity contribution in [3.05, 3.63) is 12.7 Å². The highest BCUT2D eigenvalue weighted by Crippen LogP contribution is 2.17. The number of amides is 1. The van der Waals surface area contributed by atoms with Crippen LogP contribution in [0.25, 0.3) is 0 Å². The summed E-state index contributed by atoms with van der Waals surface area (Å²) in [6, 6.07) is 0. The Morgan fingerprint density at radius 1 is 1.31 bits per heavy atom. The summed E-state index contributed by atoms with van der Waals surface area (Å²) in [5.74, 6) is 0.144.